The molecular weight excluding hydrogens is 608 g/mol. The standard InChI is InChI=1S/C44H86O5/c1-4-6-7-8-9-10-11-18-22-25-28-31-34-37-43(46)48-39-42(45)40-49-44(47)38-35-32-29-26-23-20-17-15-13-12-14-16-19-21-24-27-30-33-36-41(3)5-2/h41-42,45H,4-40H2,1-3H3/t41?,42-/m1/s1. The van der Waals surface area contributed by atoms with Crippen molar-refractivity contribution < 1.29 is 24.2 Å². The number of aliphatic hydroxyl groups is 1. The number of hydrogen-bond donors (Lipinski definition) is 1. The van der Waals surface area contributed by atoms with E-state index in [1.165, 1.54) is 186 Å². The van der Waals surface area contributed by atoms with E-state index in [2.05, 4.69) is 20.8 Å². The Morgan fingerprint density at radius 3 is 0.980 bits per heavy atom. The van der Waals surface area contributed by atoms with E-state index in [9.17, 15) is 14.7 Å². The van der Waals surface area contributed by atoms with Crippen LogP contribution in [0.4, 0.5) is 0 Å². The fourth-order valence-corrected chi connectivity index (χ4v) is 6.65. The third-order valence-corrected chi connectivity index (χ3v) is 10.4. The van der Waals surface area contributed by atoms with Gasteiger partial charge in [-0.3, -0.25) is 9.59 Å². The maximum Gasteiger partial charge on any atom is 0.305 e. The Balaban J connectivity index is 3.35. The Labute approximate surface area is 306 Å². The van der Waals surface area contributed by atoms with E-state index < -0.39 is 6.10 Å². The van der Waals surface area contributed by atoms with Crippen LogP contribution in [0.15, 0.2) is 0 Å². The number of carbonyl (C=O) groups excluding carboxylic acids is 2. The molecule has 0 spiro atoms. The average molecular weight is 695 g/mol. The van der Waals surface area contributed by atoms with Crippen LogP contribution in [0.5, 0.6) is 0 Å². The van der Waals surface area contributed by atoms with E-state index in [4.69, 9.17) is 9.47 Å². The summed E-state index contributed by atoms with van der Waals surface area (Å²) in [5, 5.41) is 10.0. The molecule has 0 aromatic carbocycles. The van der Waals surface area contributed by atoms with Gasteiger partial charge >= 0.3 is 11.9 Å². The van der Waals surface area contributed by atoms with Crippen LogP contribution in [0.1, 0.15) is 245 Å². The fourth-order valence-electron chi connectivity index (χ4n) is 6.65. The summed E-state index contributed by atoms with van der Waals surface area (Å²) in [6.07, 6.45) is 43.0. The monoisotopic (exact) mass is 695 g/mol. The van der Waals surface area contributed by atoms with E-state index in [0.29, 0.717) is 12.8 Å². The van der Waals surface area contributed by atoms with Gasteiger partial charge in [-0.05, 0) is 18.8 Å². The van der Waals surface area contributed by atoms with Gasteiger partial charge in [0.1, 0.15) is 19.3 Å². The van der Waals surface area contributed by atoms with Crippen molar-refractivity contribution in [3.05, 3.63) is 0 Å². The minimum atomic E-state index is -0.955. The van der Waals surface area contributed by atoms with Crippen molar-refractivity contribution in [2.75, 3.05) is 13.2 Å². The first-order valence-corrected chi connectivity index (χ1v) is 22.0. The molecule has 0 aromatic rings. The molecule has 0 heterocycles. The lowest BCUT2D eigenvalue weighted by atomic mass is 9.99. The van der Waals surface area contributed by atoms with Crippen LogP contribution in [-0.4, -0.2) is 36.4 Å². The number of carbonyl (C=O) groups is 2. The minimum absolute atomic E-state index is 0.108. The Hall–Kier alpha value is -1.10. The van der Waals surface area contributed by atoms with Crippen molar-refractivity contribution in [3.63, 3.8) is 0 Å². The number of aliphatic hydroxyl groups excluding tert-OH is 1. The lowest BCUT2D eigenvalue weighted by Gasteiger charge is -2.12. The highest BCUT2D eigenvalue weighted by molar-refractivity contribution is 5.69. The Bertz CT molecular complexity index is 680. The van der Waals surface area contributed by atoms with Gasteiger partial charge in [-0.1, -0.05) is 220 Å². The van der Waals surface area contributed by atoms with Gasteiger partial charge in [-0.15, -0.1) is 0 Å². The van der Waals surface area contributed by atoms with Gasteiger partial charge < -0.3 is 14.6 Å². The zero-order valence-electron chi connectivity index (χ0n) is 33.4. The van der Waals surface area contributed by atoms with Crippen molar-refractivity contribution in [1.29, 1.82) is 0 Å². The molecule has 0 saturated carbocycles. The second-order valence-corrected chi connectivity index (χ2v) is 15.4. The summed E-state index contributed by atoms with van der Waals surface area (Å²) in [6.45, 7) is 6.74. The summed E-state index contributed by atoms with van der Waals surface area (Å²) in [4.78, 5) is 24.0. The fraction of sp³-hybridized carbons (Fsp3) is 0.955. The smallest absolute Gasteiger partial charge is 0.305 e. The summed E-state index contributed by atoms with van der Waals surface area (Å²) >= 11 is 0. The van der Waals surface area contributed by atoms with Crippen LogP contribution < -0.4 is 0 Å². The number of ether oxygens (including phenoxy) is 2. The van der Waals surface area contributed by atoms with Crippen LogP contribution in [-0.2, 0) is 19.1 Å². The summed E-state index contributed by atoms with van der Waals surface area (Å²) in [5.41, 5.74) is 0. The highest BCUT2D eigenvalue weighted by atomic mass is 16.6. The first-order chi connectivity index (χ1) is 24.0. The molecule has 0 amide bonds. The van der Waals surface area contributed by atoms with Crippen molar-refractivity contribution in [3.8, 4) is 0 Å². The maximum atomic E-state index is 12.0. The number of esters is 2. The van der Waals surface area contributed by atoms with Crippen molar-refractivity contribution in [1.82, 2.24) is 0 Å². The summed E-state index contributed by atoms with van der Waals surface area (Å²) < 4.78 is 10.4. The maximum absolute atomic E-state index is 12.0. The third-order valence-electron chi connectivity index (χ3n) is 10.4. The molecule has 5 heteroatoms. The molecule has 292 valence electrons. The minimum Gasteiger partial charge on any atom is -0.463 e. The van der Waals surface area contributed by atoms with Crippen LogP contribution in [0.3, 0.4) is 0 Å². The second kappa shape index (κ2) is 39.7. The molecule has 1 unspecified atom stereocenters. The Kier molecular flexibility index (Phi) is 38.8. The summed E-state index contributed by atoms with van der Waals surface area (Å²) in [5.74, 6) is 0.367. The Morgan fingerprint density at radius 1 is 0.429 bits per heavy atom. The SMILES string of the molecule is CCCCCCCCCCCCCCCC(=O)OC[C@@H](O)COC(=O)CCCCCCCCCCCCCCCCCCCCC(C)CC. The molecule has 49 heavy (non-hydrogen) atoms. The highest BCUT2D eigenvalue weighted by Gasteiger charge is 2.12. The molecule has 1 N–H and O–H groups in total. The van der Waals surface area contributed by atoms with Crippen LogP contribution in [0.2, 0.25) is 0 Å². The van der Waals surface area contributed by atoms with Gasteiger partial charge in [0.05, 0.1) is 0 Å². The third kappa shape index (κ3) is 39.5. The molecule has 0 aliphatic carbocycles. The number of hydrogen-bond acceptors (Lipinski definition) is 5. The van der Waals surface area contributed by atoms with Crippen LogP contribution in [0, 0.1) is 5.92 Å². The van der Waals surface area contributed by atoms with Gasteiger partial charge in [0.15, 0.2) is 0 Å². The van der Waals surface area contributed by atoms with E-state index >= 15 is 0 Å². The molecule has 0 saturated heterocycles. The van der Waals surface area contributed by atoms with E-state index in [1.54, 1.807) is 0 Å². The first-order valence-electron chi connectivity index (χ1n) is 22.0. The normalized spacial score (nSPS) is 12.7. The summed E-state index contributed by atoms with van der Waals surface area (Å²) in [7, 11) is 0. The molecule has 0 aromatic heterocycles. The van der Waals surface area contributed by atoms with Crippen molar-refractivity contribution in [2.45, 2.75) is 252 Å². The molecule has 0 aliphatic heterocycles. The molecule has 0 radical (unpaired) electrons. The van der Waals surface area contributed by atoms with E-state index in [0.717, 1.165) is 31.6 Å². The summed E-state index contributed by atoms with van der Waals surface area (Å²) in [6, 6.07) is 0. The highest BCUT2D eigenvalue weighted by Crippen LogP contribution is 2.17. The van der Waals surface area contributed by atoms with Crippen LogP contribution in [0.25, 0.3) is 0 Å². The zero-order valence-corrected chi connectivity index (χ0v) is 33.4. The van der Waals surface area contributed by atoms with Gasteiger partial charge in [0.25, 0.3) is 0 Å². The molecule has 2 atom stereocenters. The lowest BCUT2D eigenvalue weighted by molar-refractivity contribution is -0.152. The zero-order chi connectivity index (χ0) is 35.9. The van der Waals surface area contributed by atoms with Gasteiger partial charge in [0.2, 0.25) is 0 Å². The van der Waals surface area contributed by atoms with Crippen LogP contribution >= 0.6 is 0 Å². The molecule has 0 rings (SSSR count). The predicted molar refractivity (Wildman–Crippen MR) is 210 cm³/mol. The second-order valence-electron chi connectivity index (χ2n) is 15.4. The average Bonchev–Trinajstić information content (AvgIpc) is 3.10. The largest absolute Gasteiger partial charge is 0.463 e. The topological polar surface area (TPSA) is 72.8 Å². The predicted octanol–water partition coefficient (Wildman–Crippen LogP) is 13.8. The molecular formula is C44H86O5. The van der Waals surface area contributed by atoms with Gasteiger partial charge in [-0.2, -0.15) is 0 Å². The number of unbranched alkanes of at least 4 members (excludes halogenated alkanes) is 29. The van der Waals surface area contributed by atoms with E-state index in [-0.39, 0.29) is 25.2 Å². The van der Waals surface area contributed by atoms with Crippen molar-refractivity contribution in [2.24, 2.45) is 5.92 Å². The van der Waals surface area contributed by atoms with Gasteiger partial charge in [-0.25, -0.2) is 0 Å². The molecule has 0 fully saturated rings. The molecule has 0 bridgehead atoms. The van der Waals surface area contributed by atoms with E-state index in [1.807, 2.05) is 0 Å². The van der Waals surface area contributed by atoms with Gasteiger partial charge in [0, 0.05) is 12.8 Å². The quantitative estimate of drug-likeness (QED) is 0.0510. The molecule has 5 nitrogen and oxygen atoms in total. The van der Waals surface area contributed by atoms with Crippen molar-refractivity contribution >= 4 is 11.9 Å². The Morgan fingerprint density at radius 2 is 0.694 bits per heavy atom. The number of rotatable bonds is 40. The molecule has 0 aliphatic rings. The lowest BCUT2D eigenvalue weighted by Crippen LogP contribution is -2.25. The first kappa shape index (κ1) is 47.9.